The normalized spacial score (nSPS) is 16.3. The lowest BCUT2D eigenvalue weighted by Gasteiger charge is -2.29. The van der Waals surface area contributed by atoms with Crippen molar-refractivity contribution in [3.8, 4) is 18.0 Å². The van der Waals surface area contributed by atoms with Gasteiger partial charge in [-0.25, -0.2) is 4.98 Å². The first-order valence-electron chi connectivity index (χ1n) is 11.6. The van der Waals surface area contributed by atoms with E-state index < -0.39 is 0 Å². The smallest absolute Gasteiger partial charge is 0.251 e. The fraction of sp³-hybridized carbons (Fsp3) is 0.286. The number of carbonyl (C=O) groups excluding carboxylic acids is 1. The Morgan fingerprint density at radius 1 is 1.00 bits per heavy atom. The molecule has 7 nitrogen and oxygen atoms in total. The maximum atomic E-state index is 12.7. The SMILES string of the molecule is CC(C)Oc1ccc([C@@H](c2ccc(C#N)cc2)N2CCC(NC(=O)c3ccc(C#N)cc3)C2)cn1. The van der Waals surface area contributed by atoms with Gasteiger partial charge in [-0.05, 0) is 67.8 Å². The molecule has 0 aliphatic carbocycles. The highest BCUT2D eigenvalue weighted by Crippen LogP contribution is 2.32. The lowest BCUT2D eigenvalue weighted by molar-refractivity contribution is 0.0937. The summed E-state index contributed by atoms with van der Waals surface area (Å²) in [7, 11) is 0. The molecule has 3 aromatic rings. The Hall–Kier alpha value is -4.20. The third-order valence-corrected chi connectivity index (χ3v) is 5.98. The second kappa shape index (κ2) is 10.8. The van der Waals surface area contributed by atoms with Crippen LogP contribution in [-0.2, 0) is 0 Å². The van der Waals surface area contributed by atoms with Gasteiger partial charge in [0.15, 0.2) is 0 Å². The van der Waals surface area contributed by atoms with Crippen LogP contribution in [0.2, 0.25) is 0 Å². The van der Waals surface area contributed by atoms with Crippen molar-refractivity contribution < 1.29 is 9.53 Å². The molecule has 1 amide bonds. The number of aromatic nitrogens is 1. The van der Waals surface area contributed by atoms with Gasteiger partial charge in [0.25, 0.3) is 5.91 Å². The zero-order chi connectivity index (χ0) is 24.8. The first-order chi connectivity index (χ1) is 17.0. The topological polar surface area (TPSA) is 102 Å². The number of rotatable bonds is 7. The Bertz CT molecular complexity index is 1240. The number of likely N-dealkylation sites (tertiary alicyclic amines) is 1. The van der Waals surface area contributed by atoms with E-state index in [0.29, 0.717) is 29.1 Å². The molecule has 2 aromatic carbocycles. The summed E-state index contributed by atoms with van der Waals surface area (Å²) in [6.45, 7) is 5.40. The summed E-state index contributed by atoms with van der Waals surface area (Å²) in [5.41, 5.74) is 3.75. The van der Waals surface area contributed by atoms with Gasteiger partial charge in [-0.3, -0.25) is 9.69 Å². The molecule has 1 fully saturated rings. The third-order valence-electron chi connectivity index (χ3n) is 5.98. The average Bonchev–Trinajstić information content (AvgIpc) is 3.33. The summed E-state index contributed by atoms with van der Waals surface area (Å²) in [6.07, 6.45) is 2.70. The van der Waals surface area contributed by atoms with Crippen molar-refractivity contribution in [2.45, 2.75) is 38.5 Å². The molecule has 7 heteroatoms. The molecule has 35 heavy (non-hydrogen) atoms. The van der Waals surface area contributed by atoms with Crippen LogP contribution in [0.1, 0.15) is 58.9 Å². The molecular weight excluding hydrogens is 438 g/mol. The number of hydrogen-bond acceptors (Lipinski definition) is 6. The van der Waals surface area contributed by atoms with Gasteiger partial charge in [-0.1, -0.05) is 18.2 Å². The van der Waals surface area contributed by atoms with Crippen LogP contribution in [0.5, 0.6) is 5.88 Å². The van der Waals surface area contributed by atoms with Gasteiger partial charge in [0.05, 0.1) is 35.4 Å². The summed E-state index contributed by atoms with van der Waals surface area (Å²) < 4.78 is 5.70. The van der Waals surface area contributed by atoms with Crippen LogP contribution < -0.4 is 10.1 Å². The van der Waals surface area contributed by atoms with E-state index in [-0.39, 0.29) is 24.1 Å². The maximum Gasteiger partial charge on any atom is 0.251 e. The van der Waals surface area contributed by atoms with Gasteiger partial charge in [-0.2, -0.15) is 10.5 Å². The van der Waals surface area contributed by atoms with Gasteiger partial charge >= 0.3 is 0 Å². The van der Waals surface area contributed by atoms with E-state index in [1.807, 2.05) is 56.4 Å². The summed E-state index contributed by atoms with van der Waals surface area (Å²) >= 11 is 0. The molecule has 1 aliphatic heterocycles. The van der Waals surface area contributed by atoms with Crippen molar-refractivity contribution in [3.05, 3.63) is 94.7 Å². The second-order valence-corrected chi connectivity index (χ2v) is 8.88. The van der Waals surface area contributed by atoms with Crippen molar-refractivity contribution in [1.29, 1.82) is 10.5 Å². The van der Waals surface area contributed by atoms with Crippen molar-refractivity contribution in [3.63, 3.8) is 0 Å². The molecule has 1 aromatic heterocycles. The standard InChI is InChI=1S/C28H27N5O2/c1-19(2)35-26-12-11-24(17-31-26)27(22-7-3-20(15-29)4-8-22)33-14-13-25(18-33)32-28(34)23-9-5-21(16-30)6-10-23/h3-12,17,19,25,27H,13-14,18H2,1-2H3,(H,32,34)/t25?,27-/m1/s1. The number of nitrogens with one attached hydrogen (secondary N) is 1. The molecule has 4 rings (SSSR count). The van der Waals surface area contributed by atoms with E-state index in [1.165, 1.54) is 0 Å². The van der Waals surface area contributed by atoms with Crippen molar-refractivity contribution in [2.75, 3.05) is 13.1 Å². The molecule has 176 valence electrons. The van der Waals surface area contributed by atoms with Crippen LogP contribution >= 0.6 is 0 Å². The fourth-order valence-corrected chi connectivity index (χ4v) is 4.32. The summed E-state index contributed by atoms with van der Waals surface area (Å²) in [5.74, 6) is 0.435. The molecule has 0 spiro atoms. The summed E-state index contributed by atoms with van der Waals surface area (Å²) in [4.78, 5) is 19.6. The Morgan fingerprint density at radius 2 is 1.63 bits per heavy atom. The molecule has 0 radical (unpaired) electrons. The quantitative estimate of drug-likeness (QED) is 0.561. The van der Waals surface area contributed by atoms with Crippen molar-refractivity contribution in [2.24, 2.45) is 0 Å². The minimum atomic E-state index is -0.145. The zero-order valence-corrected chi connectivity index (χ0v) is 19.8. The van der Waals surface area contributed by atoms with Crippen molar-refractivity contribution in [1.82, 2.24) is 15.2 Å². The Kier molecular flexibility index (Phi) is 7.40. The molecule has 0 bridgehead atoms. The number of nitrogens with zero attached hydrogens (tertiary/aromatic N) is 4. The van der Waals surface area contributed by atoms with Crippen LogP contribution in [0.3, 0.4) is 0 Å². The Morgan fingerprint density at radius 3 is 2.20 bits per heavy atom. The van der Waals surface area contributed by atoms with Crippen LogP contribution in [0.15, 0.2) is 66.9 Å². The molecule has 1 N–H and O–H groups in total. The number of hydrogen-bond donors (Lipinski definition) is 1. The first-order valence-corrected chi connectivity index (χ1v) is 11.6. The summed E-state index contributed by atoms with van der Waals surface area (Å²) in [5, 5.41) is 21.3. The summed E-state index contributed by atoms with van der Waals surface area (Å²) in [6, 6.07) is 22.3. The fourth-order valence-electron chi connectivity index (χ4n) is 4.32. The Balaban J connectivity index is 1.52. The lowest BCUT2D eigenvalue weighted by atomic mass is 9.97. The largest absolute Gasteiger partial charge is 0.475 e. The van der Waals surface area contributed by atoms with Gasteiger partial charge in [-0.15, -0.1) is 0 Å². The van der Waals surface area contributed by atoms with E-state index in [1.54, 1.807) is 24.3 Å². The molecule has 1 aliphatic rings. The van der Waals surface area contributed by atoms with E-state index in [0.717, 1.165) is 24.1 Å². The number of nitriles is 2. The van der Waals surface area contributed by atoms with Gasteiger partial charge in [0.1, 0.15) is 0 Å². The van der Waals surface area contributed by atoms with E-state index in [4.69, 9.17) is 10.00 Å². The highest BCUT2D eigenvalue weighted by Gasteiger charge is 2.31. The van der Waals surface area contributed by atoms with Crippen LogP contribution in [-0.4, -0.2) is 41.0 Å². The highest BCUT2D eigenvalue weighted by molar-refractivity contribution is 5.94. The van der Waals surface area contributed by atoms with Gasteiger partial charge < -0.3 is 10.1 Å². The van der Waals surface area contributed by atoms with Crippen LogP contribution in [0.25, 0.3) is 0 Å². The predicted octanol–water partition coefficient (Wildman–Crippen LogP) is 4.21. The van der Waals surface area contributed by atoms with E-state index in [9.17, 15) is 10.1 Å². The second-order valence-electron chi connectivity index (χ2n) is 8.88. The zero-order valence-electron chi connectivity index (χ0n) is 19.8. The molecule has 0 saturated carbocycles. The third kappa shape index (κ3) is 5.84. The van der Waals surface area contributed by atoms with E-state index in [2.05, 4.69) is 27.3 Å². The lowest BCUT2D eigenvalue weighted by Crippen LogP contribution is -2.38. The molecule has 1 unspecified atom stereocenters. The van der Waals surface area contributed by atoms with Crippen LogP contribution in [0, 0.1) is 22.7 Å². The molecule has 2 heterocycles. The van der Waals surface area contributed by atoms with Crippen molar-refractivity contribution >= 4 is 5.91 Å². The maximum absolute atomic E-state index is 12.7. The van der Waals surface area contributed by atoms with Gasteiger partial charge in [0, 0.05) is 37.0 Å². The monoisotopic (exact) mass is 465 g/mol. The number of amides is 1. The number of benzene rings is 2. The number of ether oxygens (including phenoxy) is 1. The van der Waals surface area contributed by atoms with Gasteiger partial charge in [0.2, 0.25) is 5.88 Å². The minimum Gasteiger partial charge on any atom is -0.475 e. The Labute approximate surface area is 205 Å². The molecule has 2 atom stereocenters. The predicted molar refractivity (Wildman–Crippen MR) is 132 cm³/mol. The first kappa shape index (κ1) is 23.9. The highest BCUT2D eigenvalue weighted by atomic mass is 16.5. The molecular formula is C28H27N5O2. The number of carbonyl (C=O) groups is 1. The van der Waals surface area contributed by atoms with Crippen LogP contribution in [0.4, 0.5) is 0 Å². The number of pyridine rings is 1. The van der Waals surface area contributed by atoms with E-state index >= 15 is 0 Å². The molecule has 1 saturated heterocycles. The average molecular weight is 466 g/mol. The minimum absolute atomic E-state index is 0.00414.